The number of hydrogen-bond donors (Lipinski definition) is 0. The van der Waals surface area contributed by atoms with Crippen molar-refractivity contribution in [3.63, 3.8) is 0 Å². The van der Waals surface area contributed by atoms with Gasteiger partial charge in [0.05, 0.1) is 12.7 Å². The van der Waals surface area contributed by atoms with E-state index in [0.717, 1.165) is 0 Å². The number of ether oxygens (including phenoxy) is 3. The molecule has 0 spiro atoms. The quantitative estimate of drug-likeness (QED) is 0.672. The van der Waals surface area contributed by atoms with Crippen molar-refractivity contribution in [2.45, 2.75) is 0 Å². The third-order valence-electron chi connectivity index (χ3n) is 1.98. The van der Waals surface area contributed by atoms with Gasteiger partial charge in [-0.2, -0.15) is 5.26 Å². The maximum atomic E-state index is 8.82. The highest BCUT2D eigenvalue weighted by Gasteiger charge is 2.15. The molecule has 1 aromatic carbocycles. The lowest BCUT2D eigenvalue weighted by atomic mass is 10.2. The van der Waals surface area contributed by atoms with Crippen LogP contribution in [0, 0.1) is 11.3 Å². The van der Waals surface area contributed by atoms with Crippen molar-refractivity contribution in [1.82, 2.24) is 0 Å². The fourth-order valence-corrected chi connectivity index (χ4v) is 1.33. The van der Waals surface area contributed by atoms with Crippen molar-refractivity contribution >= 4 is 0 Å². The third kappa shape index (κ3) is 1.33. The Balaban J connectivity index is 2.50. The predicted octanol–water partition coefficient (Wildman–Crippen LogP) is 1.34. The molecule has 0 unspecified atom stereocenters. The molecule has 72 valence electrons. The van der Waals surface area contributed by atoms with Crippen LogP contribution in [0.1, 0.15) is 5.56 Å². The average molecular weight is 191 g/mol. The summed E-state index contributed by atoms with van der Waals surface area (Å²) in [4.78, 5) is 0. The third-order valence-corrected chi connectivity index (χ3v) is 1.98. The maximum Gasteiger partial charge on any atom is 0.165 e. The lowest BCUT2D eigenvalue weighted by Crippen LogP contribution is -2.15. The predicted molar refractivity (Wildman–Crippen MR) is 48.7 cm³/mol. The molecule has 4 nitrogen and oxygen atoms in total. The molecule has 0 fully saturated rings. The molecule has 0 radical (unpaired) electrons. The number of methoxy groups -OCH3 is 1. The molecule has 1 aromatic rings. The maximum absolute atomic E-state index is 8.82. The Morgan fingerprint density at radius 1 is 1.29 bits per heavy atom. The Bertz CT molecular complexity index is 395. The summed E-state index contributed by atoms with van der Waals surface area (Å²) in [5.41, 5.74) is 0.455. The van der Waals surface area contributed by atoms with Gasteiger partial charge in [-0.25, -0.2) is 0 Å². The van der Waals surface area contributed by atoms with E-state index in [9.17, 15) is 0 Å². The second-order valence-corrected chi connectivity index (χ2v) is 2.81. The molecule has 0 aliphatic carbocycles. The molecule has 0 saturated carbocycles. The SMILES string of the molecule is COc1cc2c(cc1C#N)OCCO2. The molecule has 0 amide bonds. The van der Waals surface area contributed by atoms with Crippen LogP contribution < -0.4 is 14.2 Å². The van der Waals surface area contributed by atoms with Gasteiger partial charge in [-0.05, 0) is 0 Å². The zero-order valence-corrected chi connectivity index (χ0v) is 7.74. The number of benzene rings is 1. The van der Waals surface area contributed by atoms with E-state index in [0.29, 0.717) is 36.0 Å². The molecule has 0 N–H and O–H groups in total. The zero-order chi connectivity index (χ0) is 9.97. The molecule has 1 heterocycles. The van der Waals surface area contributed by atoms with Crippen molar-refractivity contribution in [3.05, 3.63) is 17.7 Å². The fraction of sp³-hybridized carbons (Fsp3) is 0.300. The number of rotatable bonds is 1. The van der Waals surface area contributed by atoms with Crippen molar-refractivity contribution in [3.8, 4) is 23.3 Å². The van der Waals surface area contributed by atoms with Gasteiger partial charge in [-0.1, -0.05) is 0 Å². The highest BCUT2D eigenvalue weighted by molar-refractivity contribution is 5.55. The Kier molecular flexibility index (Phi) is 2.15. The number of fused-ring (bicyclic) bond motifs is 1. The van der Waals surface area contributed by atoms with E-state index >= 15 is 0 Å². The molecule has 0 aromatic heterocycles. The Hall–Kier alpha value is -1.89. The minimum absolute atomic E-state index is 0.455. The van der Waals surface area contributed by atoms with Gasteiger partial charge >= 0.3 is 0 Å². The smallest absolute Gasteiger partial charge is 0.165 e. The van der Waals surface area contributed by atoms with Gasteiger partial charge in [-0.15, -0.1) is 0 Å². The molecule has 4 heteroatoms. The number of hydrogen-bond acceptors (Lipinski definition) is 4. The van der Waals surface area contributed by atoms with Gasteiger partial charge in [0.15, 0.2) is 11.5 Å². The summed E-state index contributed by atoms with van der Waals surface area (Å²) in [6.45, 7) is 1.05. The molecule has 1 aliphatic heterocycles. The fourth-order valence-electron chi connectivity index (χ4n) is 1.33. The van der Waals surface area contributed by atoms with Gasteiger partial charge < -0.3 is 14.2 Å². The monoisotopic (exact) mass is 191 g/mol. The first kappa shape index (κ1) is 8.70. The summed E-state index contributed by atoms with van der Waals surface area (Å²) in [6, 6.07) is 5.34. The summed E-state index contributed by atoms with van der Waals surface area (Å²) < 4.78 is 15.7. The van der Waals surface area contributed by atoms with E-state index in [4.69, 9.17) is 19.5 Å². The van der Waals surface area contributed by atoms with Crippen LogP contribution in [0.25, 0.3) is 0 Å². The lowest BCUT2D eigenvalue weighted by Gasteiger charge is -2.19. The van der Waals surface area contributed by atoms with Gasteiger partial charge in [0.25, 0.3) is 0 Å². The first-order valence-corrected chi connectivity index (χ1v) is 4.23. The van der Waals surface area contributed by atoms with E-state index in [2.05, 4.69) is 0 Å². The van der Waals surface area contributed by atoms with E-state index in [1.807, 2.05) is 6.07 Å². The Morgan fingerprint density at radius 2 is 1.93 bits per heavy atom. The van der Waals surface area contributed by atoms with E-state index in [1.165, 1.54) is 7.11 Å². The molecule has 2 rings (SSSR count). The highest BCUT2D eigenvalue weighted by Crippen LogP contribution is 2.36. The first-order chi connectivity index (χ1) is 6.85. The minimum atomic E-state index is 0.455. The summed E-state index contributed by atoms with van der Waals surface area (Å²) in [5.74, 6) is 1.75. The van der Waals surface area contributed by atoms with E-state index in [1.54, 1.807) is 12.1 Å². The van der Waals surface area contributed by atoms with E-state index in [-0.39, 0.29) is 0 Å². The second-order valence-electron chi connectivity index (χ2n) is 2.81. The lowest BCUT2D eigenvalue weighted by molar-refractivity contribution is 0.170. The molecular weight excluding hydrogens is 182 g/mol. The van der Waals surface area contributed by atoms with Crippen LogP contribution in [-0.2, 0) is 0 Å². The largest absolute Gasteiger partial charge is 0.495 e. The molecule has 0 saturated heterocycles. The van der Waals surface area contributed by atoms with Gasteiger partial charge in [0.1, 0.15) is 25.0 Å². The molecule has 0 atom stereocenters. The van der Waals surface area contributed by atoms with Crippen molar-refractivity contribution < 1.29 is 14.2 Å². The van der Waals surface area contributed by atoms with Crippen molar-refractivity contribution in [1.29, 1.82) is 5.26 Å². The Labute approximate surface area is 81.6 Å². The normalized spacial score (nSPS) is 13.1. The standard InChI is InChI=1S/C10H9NO3/c1-12-8-5-10-9(4-7(8)6-11)13-2-3-14-10/h4-5H,2-3H2,1H3. The van der Waals surface area contributed by atoms with Crippen molar-refractivity contribution in [2.75, 3.05) is 20.3 Å². The number of nitriles is 1. The van der Waals surface area contributed by atoms with Gasteiger partial charge in [0.2, 0.25) is 0 Å². The van der Waals surface area contributed by atoms with Crippen molar-refractivity contribution in [2.24, 2.45) is 0 Å². The van der Waals surface area contributed by atoms with Crippen LogP contribution in [0.3, 0.4) is 0 Å². The van der Waals surface area contributed by atoms with E-state index < -0.39 is 0 Å². The van der Waals surface area contributed by atoms with Crippen LogP contribution in [0.4, 0.5) is 0 Å². The average Bonchev–Trinajstić information content (AvgIpc) is 2.27. The van der Waals surface area contributed by atoms with Crippen LogP contribution in [0.5, 0.6) is 17.2 Å². The summed E-state index contributed by atoms with van der Waals surface area (Å²) in [7, 11) is 1.52. The zero-order valence-electron chi connectivity index (χ0n) is 7.74. The van der Waals surface area contributed by atoms with Crippen LogP contribution in [0.15, 0.2) is 12.1 Å². The second kappa shape index (κ2) is 3.46. The van der Waals surface area contributed by atoms with Crippen LogP contribution in [0.2, 0.25) is 0 Å². The van der Waals surface area contributed by atoms with Crippen LogP contribution >= 0.6 is 0 Å². The number of nitrogens with zero attached hydrogens (tertiary/aromatic N) is 1. The summed E-state index contributed by atoms with van der Waals surface area (Å²) >= 11 is 0. The van der Waals surface area contributed by atoms with Gasteiger partial charge in [0, 0.05) is 12.1 Å². The van der Waals surface area contributed by atoms with Crippen LogP contribution in [-0.4, -0.2) is 20.3 Å². The first-order valence-electron chi connectivity index (χ1n) is 4.23. The topological polar surface area (TPSA) is 51.5 Å². The van der Waals surface area contributed by atoms with Gasteiger partial charge in [-0.3, -0.25) is 0 Å². The molecule has 1 aliphatic rings. The minimum Gasteiger partial charge on any atom is -0.495 e. The summed E-state index contributed by atoms with van der Waals surface area (Å²) in [5, 5.41) is 8.82. The molecule has 0 bridgehead atoms. The highest BCUT2D eigenvalue weighted by atomic mass is 16.6. The molecule has 14 heavy (non-hydrogen) atoms. The summed E-state index contributed by atoms with van der Waals surface area (Å²) in [6.07, 6.45) is 0. The molecular formula is C10H9NO3. The Morgan fingerprint density at radius 3 is 2.50 bits per heavy atom.